The molecule has 0 atom stereocenters. The van der Waals surface area contributed by atoms with Gasteiger partial charge in [-0.2, -0.15) is 0 Å². The Balaban J connectivity index is 0.000000165. The number of aromatic nitrogens is 2. The van der Waals surface area contributed by atoms with Crippen LogP contribution in [0.1, 0.15) is 0 Å². The molecule has 0 radical (unpaired) electrons. The van der Waals surface area contributed by atoms with Crippen molar-refractivity contribution in [1.82, 2.24) is 9.97 Å². The van der Waals surface area contributed by atoms with E-state index >= 15 is 0 Å². The van der Waals surface area contributed by atoms with E-state index in [4.69, 9.17) is 0 Å². The molecule has 0 unspecified atom stereocenters. The lowest BCUT2D eigenvalue weighted by Gasteiger charge is -2.17. The molecule has 0 N–H and O–H groups in total. The summed E-state index contributed by atoms with van der Waals surface area (Å²) in [6.07, 6.45) is 0. The molecule has 0 fully saturated rings. The Hall–Kier alpha value is -4.36. The monoisotopic (exact) mass is 610 g/mol. The molecular formula is C34H29BrF2N4. The Morgan fingerprint density at radius 2 is 1.05 bits per heavy atom. The third-order valence-electron chi connectivity index (χ3n) is 6.65. The smallest absolute Gasteiger partial charge is 0.123 e. The molecule has 7 heteroatoms. The van der Waals surface area contributed by atoms with Crippen molar-refractivity contribution in [3.05, 3.63) is 119 Å². The zero-order valence-electron chi connectivity index (χ0n) is 23.2. The van der Waals surface area contributed by atoms with E-state index in [1.807, 2.05) is 105 Å². The lowest BCUT2D eigenvalue weighted by atomic mass is 10.1. The quantitative estimate of drug-likeness (QED) is 0.199. The van der Waals surface area contributed by atoms with Crippen LogP contribution in [0.15, 0.2) is 108 Å². The second-order valence-corrected chi connectivity index (χ2v) is 11.0. The van der Waals surface area contributed by atoms with E-state index in [2.05, 4.69) is 25.9 Å². The summed E-state index contributed by atoms with van der Waals surface area (Å²) in [6.45, 7) is 0. The molecule has 0 saturated carbocycles. The number of rotatable bonds is 4. The molecule has 206 valence electrons. The largest absolute Gasteiger partial charge is 0.377 e. The fourth-order valence-electron chi connectivity index (χ4n) is 4.67. The van der Waals surface area contributed by atoms with Crippen LogP contribution in [0.3, 0.4) is 0 Å². The van der Waals surface area contributed by atoms with Crippen LogP contribution < -0.4 is 9.80 Å². The number of nitrogens with zero attached hydrogens (tertiary/aromatic N) is 4. The molecule has 0 aliphatic rings. The highest BCUT2D eigenvalue weighted by molar-refractivity contribution is 9.10. The van der Waals surface area contributed by atoms with Gasteiger partial charge in [-0.3, -0.25) is 0 Å². The highest BCUT2D eigenvalue weighted by atomic mass is 79.9. The topological polar surface area (TPSA) is 32.3 Å². The maximum absolute atomic E-state index is 13.4. The van der Waals surface area contributed by atoms with Gasteiger partial charge in [0.25, 0.3) is 0 Å². The zero-order chi connectivity index (χ0) is 29.1. The van der Waals surface area contributed by atoms with Gasteiger partial charge in [-0.05, 0) is 60.7 Å². The summed E-state index contributed by atoms with van der Waals surface area (Å²) in [5.41, 5.74) is 7.07. The third-order valence-corrected chi connectivity index (χ3v) is 7.14. The Morgan fingerprint density at radius 1 is 0.537 bits per heavy atom. The molecule has 0 bridgehead atoms. The van der Waals surface area contributed by atoms with E-state index in [0.29, 0.717) is 0 Å². The average Bonchev–Trinajstić information content (AvgIpc) is 2.96. The molecule has 4 nitrogen and oxygen atoms in total. The second kappa shape index (κ2) is 12.0. The number of pyridine rings is 2. The van der Waals surface area contributed by atoms with Crippen molar-refractivity contribution in [3.63, 3.8) is 0 Å². The highest BCUT2D eigenvalue weighted by Crippen LogP contribution is 2.32. The van der Waals surface area contributed by atoms with Gasteiger partial charge in [0.15, 0.2) is 0 Å². The first-order chi connectivity index (χ1) is 19.7. The number of anilines is 2. The van der Waals surface area contributed by atoms with E-state index in [-0.39, 0.29) is 11.6 Å². The van der Waals surface area contributed by atoms with Crippen LogP contribution in [0.5, 0.6) is 0 Å². The van der Waals surface area contributed by atoms with Crippen LogP contribution in [0, 0.1) is 11.6 Å². The van der Waals surface area contributed by atoms with Crippen molar-refractivity contribution < 1.29 is 8.78 Å². The first kappa shape index (κ1) is 28.2. The van der Waals surface area contributed by atoms with Gasteiger partial charge in [0.05, 0.1) is 22.4 Å². The van der Waals surface area contributed by atoms with Crippen molar-refractivity contribution in [1.29, 1.82) is 0 Å². The molecule has 0 amide bonds. The minimum absolute atomic E-state index is 0.246. The Kier molecular flexibility index (Phi) is 8.26. The Bertz CT molecular complexity index is 1850. The molecular weight excluding hydrogens is 582 g/mol. The van der Waals surface area contributed by atoms with Crippen LogP contribution in [0.4, 0.5) is 20.2 Å². The molecule has 41 heavy (non-hydrogen) atoms. The summed E-state index contributed by atoms with van der Waals surface area (Å²) >= 11 is 3.49. The summed E-state index contributed by atoms with van der Waals surface area (Å²) in [4.78, 5) is 13.4. The van der Waals surface area contributed by atoms with Crippen molar-refractivity contribution >= 4 is 49.1 Å². The molecule has 4 aromatic carbocycles. The summed E-state index contributed by atoms with van der Waals surface area (Å²) in [5.74, 6) is -0.500. The Labute approximate surface area is 247 Å². The fraction of sp³-hybridized carbons (Fsp3) is 0.118. The van der Waals surface area contributed by atoms with E-state index in [1.165, 1.54) is 24.3 Å². The highest BCUT2D eigenvalue weighted by Gasteiger charge is 2.11. The second-order valence-electron chi connectivity index (χ2n) is 10.0. The van der Waals surface area contributed by atoms with Crippen LogP contribution in [-0.2, 0) is 0 Å². The SMILES string of the molecule is CN(C)c1cc(-c2cccc(F)c2)nc2ccc(Br)cc12.CN(C)c1cc(-c2cccc(F)c2)nc2ccccc12. The molecule has 0 aliphatic heterocycles. The summed E-state index contributed by atoms with van der Waals surface area (Å²) < 4.78 is 27.8. The fourth-order valence-corrected chi connectivity index (χ4v) is 5.03. The van der Waals surface area contributed by atoms with Crippen LogP contribution in [-0.4, -0.2) is 38.2 Å². The maximum Gasteiger partial charge on any atom is 0.123 e. The van der Waals surface area contributed by atoms with Gasteiger partial charge in [-0.25, -0.2) is 18.7 Å². The minimum Gasteiger partial charge on any atom is -0.377 e. The first-order valence-electron chi connectivity index (χ1n) is 13.1. The van der Waals surface area contributed by atoms with Gasteiger partial charge in [-0.1, -0.05) is 58.4 Å². The molecule has 6 aromatic rings. The van der Waals surface area contributed by atoms with Crippen LogP contribution in [0.25, 0.3) is 44.3 Å². The van der Waals surface area contributed by atoms with Gasteiger partial charge in [0.2, 0.25) is 0 Å². The van der Waals surface area contributed by atoms with E-state index in [0.717, 1.165) is 60.2 Å². The lowest BCUT2D eigenvalue weighted by molar-refractivity contribution is 0.628. The van der Waals surface area contributed by atoms with Crippen molar-refractivity contribution in [2.24, 2.45) is 0 Å². The maximum atomic E-state index is 13.4. The molecule has 0 saturated heterocycles. The van der Waals surface area contributed by atoms with Gasteiger partial charge < -0.3 is 9.80 Å². The first-order valence-corrected chi connectivity index (χ1v) is 13.9. The molecule has 0 spiro atoms. The molecule has 2 heterocycles. The van der Waals surface area contributed by atoms with E-state index in [9.17, 15) is 8.78 Å². The third kappa shape index (κ3) is 6.36. The normalized spacial score (nSPS) is 10.8. The van der Waals surface area contributed by atoms with Crippen LogP contribution >= 0.6 is 15.9 Å². The van der Waals surface area contributed by atoms with Gasteiger partial charge >= 0.3 is 0 Å². The number of hydrogen-bond acceptors (Lipinski definition) is 4. The lowest BCUT2D eigenvalue weighted by Crippen LogP contribution is -2.09. The average molecular weight is 612 g/mol. The summed E-state index contributed by atoms with van der Waals surface area (Å²) in [7, 11) is 7.98. The molecule has 2 aromatic heterocycles. The van der Waals surface area contributed by atoms with Gasteiger partial charge in [-0.15, -0.1) is 0 Å². The van der Waals surface area contributed by atoms with Crippen LogP contribution in [0.2, 0.25) is 0 Å². The summed E-state index contributed by atoms with van der Waals surface area (Å²) in [5, 5.41) is 2.16. The number of halogens is 3. The van der Waals surface area contributed by atoms with Gasteiger partial charge in [0, 0.05) is 65.9 Å². The minimum atomic E-state index is -0.253. The summed E-state index contributed by atoms with van der Waals surface area (Å²) in [6, 6.07) is 31.0. The predicted molar refractivity (Wildman–Crippen MR) is 171 cm³/mol. The Morgan fingerprint density at radius 3 is 1.59 bits per heavy atom. The van der Waals surface area contributed by atoms with E-state index in [1.54, 1.807) is 12.1 Å². The molecule has 0 aliphatic carbocycles. The van der Waals surface area contributed by atoms with E-state index < -0.39 is 0 Å². The number of para-hydroxylation sites is 1. The predicted octanol–water partition coefficient (Wildman–Crippen LogP) is 8.98. The number of fused-ring (bicyclic) bond motifs is 2. The van der Waals surface area contributed by atoms with Gasteiger partial charge in [0.1, 0.15) is 11.6 Å². The molecule has 6 rings (SSSR count). The zero-order valence-corrected chi connectivity index (χ0v) is 24.8. The van der Waals surface area contributed by atoms with Crippen molar-refractivity contribution in [3.8, 4) is 22.5 Å². The van der Waals surface area contributed by atoms with Crippen molar-refractivity contribution in [2.45, 2.75) is 0 Å². The van der Waals surface area contributed by atoms with Crippen molar-refractivity contribution in [2.75, 3.05) is 38.0 Å². The standard InChI is InChI=1S/C17H14BrFN2.C17H15FN2/c1-21(2)17-10-16(11-4-3-5-13(19)8-11)20-15-7-6-12(18)9-14(15)17;1-20(2)17-11-16(12-6-5-7-13(18)10-12)19-15-9-4-3-8-14(15)17/h3-10H,1-2H3;3-11H,1-2H3. The number of hydrogen-bond donors (Lipinski definition) is 0. The number of benzene rings is 4.